The number of nitrogens with two attached hydrogens (primary N) is 1. The lowest BCUT2D eigenvalue weighted by Gasteiger charge is -2.29. The van der Waals surface area contributed by atoms with Gasteiger partial charge in [0.2, 0.25) is 5.91 Å². The van der Waals surface area contributed by atoms with Crippen molar-refractivity contribution < 1.29 is 9.63 Å². The maximum absolute atomic E-state index is 11.4. The van der Waals surface area contributed by atoms with Gasteiger partial charge in [-0.1, -0.05) is 6.42 Å². The fourth-order valence-corrected chi connectivity index (χ4v) is 1.89. The van der Waals surface area contributed by atoms with Crippen molar-refractivity contribution in [3.63, 3.8) is 0 Å². The highest BCUT2D eigenvalue weighted by Gasteiger charge is 2.38. The Morgan fingerprint density at radius 2 is 2.31 bits per heavy atom. The maximum atomic E-state index is 11.4. The van der Waals surface area contributed by atoms with Gasteiger partial charge in [-0.3, -0.25) is 9.63 Å². The molecule has 0 aromatic heterocycles. The molecule has 0 spiro atoms. The third-order valence-corrected chi connectivity index (χ3v) is 2.92. The molecule has 4 nitrogen and oxygen atoms in total. The van der Waals surface area contributed by atoms with Crippen molar-refractivity contribution in [1.29, 1.82) is 0 Å². The molecule has 0 bridgehead atoms. The van der Waals surface area contributed by atoms with E-state index in [1.807, 2.05) is 0 Å². The minimum atomic E-state index is 0.0994. The number of hydroxylamine groups is 2. The van der Waals surface area contributed by atoms with E-state index in [1.54, 1.807) is 0 Å². The third kappa shape index (κ3) is 1.69. The molecule has 74 valence electrons. The van der Waals surface area contributed by atoms with Gasteiger partial charge in [-0.05, 0) is 18.8 Å². The summed E-state index contributed by atoms with van der Waals surface area (Å²) < 4.78 is 0. The summed E-state index contributed by atoms with van der Waals surface area (Å²) >= 11 is 0. The Kier molecular flexibility index (Phi) is 2.51. The fourth-order valence-electron chi connectivity index (χ4n) is 1.89. The van der Waals surface area contributed by atoms with Crippen LogP contribution in [0.4, 0.5) is 0 Å². The Morgan fingerprint density at radius 3 is 2.85 bits per heavy atom. The van der Waals surface area contributed by atoms with E-state index in [4.69, 9.17) is 10.6 Å². The summed E-state index contributed by atoms with van der Waals surface area (Å²) in [7, 11) is 0. The van der Waals surface area contributed by atoms with Crippen LogP contribution in [-0.4, -0.2) is 30.2 Å². The van der Waals surface area contributed by atoms with Crippen LogP contribution in [0.25, 0.3) is 0 Å². The molecule has 13 heavy (non-hydrogen) atoms. The molecule has 1 unspecified atom stereocenters. The predicted molar refractivity (Wildman–Crippen MR) is 47.6 cm³/mol. The first-order chi connectivity index (χ1) is 6.31. The van der Waals surface area contributed by atoms with Crippen LogP contribution >= 0.6 is 0 Å². The number of carbonyl (C=O) groups excluding carboxylic acids is 1. The van der Waals surface area contributed by atoms with E-state index < -0.39 is 0 Å². The lowest BCUT2D eigenvalue weighted by atomic mass is 9.80. The molecule has 2 fully saturated rings. The highest BCUT2D eigenvalue weighted by atomic mass is 16.7. The van der Waals surface area contributed by atoms with E-state index in [1.165, 1.54) is 24.3 Å². The van der Waals surface area contributed by atoms with Gasteiger partial charge in [0.25, 0.3) is 0 Å². The average molecular weight is 184 g/mol. The molecule has 1 amide bonds. The molecule has 1 aliphatic carbocycles. The summed E-state index contributed by atoms with van der Waals surface area (Å²) in [5.41, 5.74) is 5.36. The predicted octanol–water partition coefficient (Wildman–Crippen LogP) is 0.278. The lowest BCUT2D eigenvalue weighted by molar-refractivity contribution is -0.181. The standard InChI is InChI=1S/C9H16N2O2/c10-4-5-11-9(12)6-8(13-11)7-2-1-3-7/h7-8H,1-6,10H2. The van der Waals surface area contributed by atoms with Crippen LogP contribution in [0.15, 0.2) is 0 Å². The molecule has 0 aromatic carbocycles. The normalized spacial score (nSPS) is 29.5. The van der Waals surface area contributed by atoms with E-state index in [0.717, 1.165) is 0 Å². The fraction of sp³-hybridized carbons (Fsp3) is 0.889. The van der Waals surface area contributed by atoms with Crippen molar-refractivity contribution in [2.75, 3.05) is 13.1 Å². The van der Waals surface area contributed by atoms with Crippen LogP contribution in [0, 0.1) is 5.92 Å². The van der Waals surface area contributed by atoms with E-state index in [-0.39, 0.29) is 12.0 Å². The van der Waals surface area contributed by atoms with Crippen LogP contribution in [0.3, 0.4) is 0 Å². The second kappa shape index (κ2) is 3.64. The van der Waals surface area contributed by atoms with Crippen molar-refractivity contribution >= 4 is 5.91 Å². The topological polar surface area (TPSA) is 55.6 Å². The zero-order valence-electron chi connectivity index (χ0n) is 7.74. The number of nitrogens with zero attached hydrogens (tertiary/aromatic N) is 1. The third-order valence-electron chi connectivity index (χ3n) is 2.92. The zero-order chi connectivity index (χ0) is 9.26. The Balaban J connectivity index is 1.86. The number of hydrogen-bond donors (Lipinski definition) is 1. The number of hydrogen-bond acceptors (Lipinski definition) is 3. The van der Waals surface area contributed by atoms with Crippen molar-refractivity contribution in [3.8, 4) is 0 Å². The summed E-state index contributed by atoms with van der Waals surface area (Å²) in [6.45, 7) is 1.01. The molecular formula is C9H16N2O2. The Bertz CT molecular complexity index is 204. The van der Waals surface area contributed by atoms with Crippen molar-refractivity contribution in [3.05, 3.63) is 0 Å². The summed E-state index contributed by atoms with van der Waals surface area (Å²) in [6, 6.07) is 0. The SMILES string of the molecule is NCCN1OC(C2CCC2)CC1=O. The molecular weight excluding hydrogens is 168 g/mol. The van der Waals surface area contributed by atoms with Crippen LogP contribution in [0.2, 0.25) is 0 Å². The van der Waals surface area contributed by atoms with Gasteiger partial charge in [0.15, 0.2) is 0 Å². The molecule has 0 radical (unpaired) electrons. The molecule has 2 N–H and O–H groups in total. The second-order valence-corrected chi connectivity index (χ2v) is 3.82. The largest absolute Gasteiger partial charge is 0.329 e. The van der Waals surface area contributed by atoms with E-state index >= 15 is 0 Å². The van der Waals surface area contributed by atoms with Crippen LogP contribution in [-0.2, 0) is 9.63 Å². The van der Waals surface area contributed by atoms with Gasteiger partial charge in [-0.15, -0.1) is 0 Å². The van der Waals surface area contributed by atoms with Crippen molar-refractivity contribution in [1.82, 2.24) is 5.06 Å². The Hall–Kier alpha value is -0.610. The van der Waals surface area contributed by atoms with Gasteiger partial charge in [0.05, 0.1) is 19.1 Å². The highest BCUT2D eigenvalue weighted by molar-refractivity contribution is 5.77. The summed E-state index contributed by atoms with van der Waals surface area (Å²) in [5.74, 6) is 0.717. The molecule has 1 saturated carbocycles. The average Bonchev–Trinajstić information content (AvgIpc) is 2.30. The molecule has 0 aromatic rings. The van der Waals surface area contributed by atoms with E-state index in [9.17, 15) is 4.79 Å². The monoisotopic (exact) mass is 184 g/mol. The molecule has 1 aliphatic heterocycles. The van der Waals surface area contributed by atoms with Crippen molar-refractivity contribution in [2.24, 2.45) is 11.7 Å². The van der Waals surface area contributed by atoms with Gasteiger partial charge < -0.3 is 5.73 Å². The maximum Gasteiger partial charge on any atom is 0.248 e. The Morgan fingerprint density at radius 1 is 1.54 bits per heavy atom. The summed E-state index contributed by atoms with van der Waals surface area (Å²) in [5, 5.41) is 1.43. The smallest absolute Gasteiger partial charge is 0.248 e. The molecule has 1 heterocycles. The van der Waals surface area contributed by atoms with Gasteiger partial charge in [-0.25, -0.2) is 5.06 Å². The van der Waals surface area contributed by atoms with Crippen molar-refractivity contribution in [2.45, 2.75) is 31.8 Å². The van der Waals surface area contributed by atoms with Crippen LogP contribution in [0.5, 0.6) is 0 Å². The molecule has 1 atom stereocenters. The quantitative estimate of drug-likeness (QED) is 0.685. The van der Waals surface area contributed by atoms with Gasteiger partial charge >= 0.3 is 0 Å². The molecule has 2 aliphatic rings. The number of rotatable bonds is 3. The van der Waals surface area contributed by atoms with E-state index in [2.05, 4.69) is 0 Å². The van der Waals surface area contributed by atoms with Crippen LogP contribution in [0.1, 0.15) is 25.7 Å². The first kappa shape index (κ1) is 8.97. The summed E-state index contributed by atoms with van der Waals surface area (Å²) in [6.07, 6.45) is 4.43. The first-order valence-electron chi connectivity index (χ1n) is 4.98. The zero-order valence-corrected chi connectivity index (χ0v) is 7.74. The number of carbonyl (C=O) groups is 1. The second-order valence-electron chi connectivity index (χ2n) is 3.82. The minimum Gasteiger partial charge on any atom is -0.329 e. The Labute approximate surface area is 78.0 Å². The lowest BCUT2D eigenvalue weighted by Crippen LogP contribution is -2.31. The highest BCUT2D eigenvalue weighted by Crippen LogP contribution is 2.35. The summed E-state index contributed by atoms with van der Waals surface area (Å²) in [4.78, 5) is 16.9. The minimum absolute atomic E-state index is 0.0994. The van der Waals surface area contributed by atoms with Gasteiger partial charge in [-0.2, -0.15) is 0 Å². The number of amides is 1. The molecule has 4 heteroatoms. The van der Waals surface area contributed by atoms with Gasteiger partial charge in [0, 0.05) is 6.54 Å². The van der Waals surface area contributed by atoms with E-state index in [0.29, 0.717) is 25.4 Å². The molecule has 1 saturated heterocycles. The molecule has 2 rings (SSSR count). The first-order valence-corrected chi connectivity index (χ1v) is 4.98. The van der Waals surface area contributed by atoms with Gasteiger partial charge in [0.1, 0.15) is 0 Å². The van der Waals surface area contributed by atoms with Crippen LogP contribution < -0.4 is 5.73 Å².